The van der Waals surface area contributed by atoms with E-state index in [1.54, 1.807) is 6.07 Å². The highest BCUT2D eigenvalue weighted by Crippen LogP contribution is 2.40. The Kier molecular flexibility index (Phi) is 7.92. The largest absolute Gasteiger partial charge is 0.491 e. The Morgan fingerprint density at radius 1 is 1.11 bits per heavy atom. The summed E-state index contributed by atoms with van der Waals surface area (Å²) in [6.45, 7) is 5.95. The van der Waals surface area contributed by atoms with Crippen molar-refractivity contribution in [3.05, 3.63) is 94.3 Å². The smallest absolute Gasteiger partial charge is 0.123 e. The molecular formula is C28H29ClFN3O2. The van der Waals surface area contributed by atoms with Gasteiger partial charge in [0.05, 0.1) is 35.0 Å². The van der Waals surface area contributed by atoms with Gasteiger partial charge in [0.1, 0.15) is 18.2 Å². The van der Waals surface area contributed by atoms with Crippen LogP contribution < -0.4 is 9.64 Å². The van der Waals surface area contributed by atoms with Crippen LogP contribution in [0.4, 0.5) is 10.1 Å². The molecule has 0 radical (unpaired) electrons. The minimum atomic E-state index is -0.268. The van der Waals surface area contributed by atoms with E-state index in [1.807, 2.05) is 48.5 Å². The first-order valence-electron chi connectivity index (χ1n) is 11.7. The molecule has 1 N–H and O–H groups in total. The van der Waals surface area contributed by atoms with Gasteiger partial charge in [0.25, 0.3) is 0 Å². The molecule has 1 aliphatic rings. The van der Waals surface area contributed by atoms with E-state index in [4.69, 9.17) is 26.7 Å². The van der Waals surface area contributed by atoms with Crippen LogP contribution in [0.25, 0.3) is 0 Å². The summed E-state index contributed by atoms with van der Waals surface area (Å²) in [7, 11) is 0. The second-order valence-electron chi connectivity index (χ2n) is 8.86. The predicted molar refractivity (Wildman–Crippen MR) is 136 cm³/mol. The van der Waals surface area contributed by atoms with Gasteiger partial charge in [-0.15, -0.1) is 0 Å². The molecule has 4 rings (SSSR count). The third-order valence-corrected chi connectivity index (χ3v) is 6.95. The number of aliphatic hydroxyl groups is 1. The molecule has 182 valence electrons. The molecule has 35 heavy (non-hydrogen) atoms. The van der Waals surface area contributed by atoms with Crippen molar-refractivity contribution in [2.75, 3.05) is 31.2 Å². The fourth-order valence-corrected chi connectivity index (χ4v) is 5.05. The molecule has 5 nitrogen and oxygen atoms in total. The molecule has 1 fully saturated rings. The van der Waals surface area contributed by atoms with E-state index in [1.165, 1.54) is 12.1 Å². The first-order chi connectivity index (χ1) is 16.9. The van der Waals surface area contributed by atoms with E-state index in [-0.39, 0.29) is 37.2 Å². The highest BCUT2D eigenvalue weighted by Gasteiger charge is 2.36. The van der Waals surface area contributed by atoms with Crippen molar-refractivity contribution in [1.82, 2.24) is 4.90 Å². The summed E-state index contributed by atoms with van der Waals surface area (Å²) in [5.74, 6) is 0.336. The Bertz CT molecular complexity index is 1180. The van der Waals surface area contributed by atoms with Gasteiger partial charge in [-0.25, -0.2) is 4.39 Å². The maximum atomic E-state index is 13.7. The number of ether oxygens (including phenoxy) is 1. The Balaban J connectivity index is 1.66. The Morgan fingerprint density at radius 3 is 2.46 bits per heavy atom. The van der Waals surface area contributed by atoms with Crippen LogP contribution in [0.5, 0.6) is 5.75 Å². The molecule has 1 aliphatic heterocycles. The molecule has 3 atom stereocenters. The number of hydrogen-bond donors (Lipinski definition) is 1. The maximum Gasteiger partial charge on any atom is 0.123 e. The van der Waals surface area contributed by atoms with E-state index in [0.717, 1.165) is 23.4 Å². The van der Waals surface area contributed by atoms with Gasteiger partial charge in [0.15, 0.2) is 0 Å². The zero-order chi connectivity index (χ0) is 24.9. The topological polar surface area (TPSA) is 59.7 Å². The van der Waals surface area contributed by atoms with Crippen molar-refractivity contribution in [1.29, 1.82) is 5.26 Å². The lowest BCUT2D eigenvalue weighted by atomic mass is 9.95. The monoisotopic (exact) mass is 493 g/mol. The minimum absolute atomic E-state index is 0.0469. The average Bonchev–Trinajstić information content (AvgIpc) is 2.87. The third-order valence-electron chi connectivity index (χ3n) is 6.65. The van der Waals surface area contributed by atoms with Crippen molar-refractivity contribution < 1.29 is 14.2 Å². The number of piperazine rings is 1. The normalized spacial score (nSPS) is 19.3. The molecule has 3 aromatic carbocycles. The van der Waals surface area contributed by atoms with Crippen LogP contribution in [0.2, 0.25) is 5.02 Å². The molecule has 7 heteroatoms. The van der Waals surface area contributed by atoms with Crippen LogP contribution in [-0.4, -0.2) is 42.4 Å². The molecule has 0 aromatic heterocycles. The first kappa shape index (κ1) is 25.0. The molecule has 0 spiro atoms. The molecule has 0 aliphatic carbocycles. The number of rotatable bonds is 7. The lowest BCUT2D eigenvalue weighted by Crippen LogP contribution is -2.54. The van der Waals surface area contributed by atoms with E-state index in [2.05, 4.69) is 29.7 Å². The zero-order valence-corrected chi connectivity index (χ0v) is 20.6. The first-order valence-corrected chi connectivity index (χ1v) is 12.1. The van der Waals surface area contributed by atoms with Crippen LogP contribution in [0.3, 0.4) is 0 Å². The van der Waals surface area contributed by atoms with Crippen LogP contribution >= 0.6 is 11.6 Å². The van der Waals surface area contributed by atoms with Gasteiger partial charge < -0.3 is 14.7 Å². The minimum Gasteiger partial charge on any atom is -0.491 e. The summed E-state index contributed by atoms with van der Waals surface area (Å²) in [6, 6.07) is 22.4. The number of aliphatic hydroxyl groups excluding tert-OH is 1. The van der Waals surface area contributed by atoms with Crippen molar-refractivity contribution in [2.24, 2.45) is 0 Å². The van der Waals surface area contributed by atoms with Gasteiger partial charge in [-0.2, -0.15) is 5.26 Å². The molecule has 3 aromatic rings. The number of anilines is 1. The second-order valence-corrected chi connectivity index (χ2v) is 9.27. The van der Waals surface area contributed by atoms with E-state index in [0.29, 0.717) is 22.9 Å². The van der Waals surface area contributed by atoms with Gasteiger partial charge in [0.2, 0.25) is 0 Å². The van der Waals surface area contributed by atoms with Gasteiger partial charge in [-0.1, -0.05) is 35.9 Å². The van der Waals surface area contributed by atoms with Crippen LogP contribution in [-0.2, 0) is 0 Å². The van der Waals surface area contributed by atoms with Gasteiger partial charge in [0, 0.05) is 31.2 Å². The number of nitrogens with zero attached hydrogens (tertiary/aromatic N) is 3. The molecule has 1 unspecified atom stereocenters. The molecule has 1 heterocycles. The summed E-state index contributed by atoms with van der Waals surface area (Å²) in [6.07, 6.45) is 0. The Labute approximate surface area is 210 Å². The summed E-state index contributed by atoms with van der Waals surface area (Å²) in [5, 5.41) is 18.7. The quantitative estimate of drug-likeness (QED) is 0.455. The molecule has 0 bridgehead atoms. The summed E-state index contributed by atoms with van der Waals surface area (Å²) in [4.78, 5) is 4.72. The third kappa shape index (κ3) is 5.59. The molecule has 0 amide bonds. The lowest BCUT2D eigenvalue weighted by molar-refractivity contribution is 0.115. The highest BCUT2D eigenvalue weighted by molar-refractivity contribution is 6.33. The summed E-state index contributed by atoms with van der Waals surface area (Å²) < 4.78 is 19.2. The van der Waals surface area contributed by atoms with Crippen molar-refractivity contribution in [2.45, 2.75) is 32.0 Å². The highest BCUT2D eigenvalue weighted by atomic mass is 35.5. The van der Waals surface area contributed by atoms with Crippen LogP contribution in [0.1, 0.15) is 42.6 Å². The summed E-state index contributed by atoms with van der Waals surface area (Å²) in [5.41, 5.74) is 3.68. The predicted octanol–water partition coefficient (Wildman–Crippen LogP) is 5.73. The lowest BCUT2D eigenvalue weighted by Gasteiger charge is -2.49. The number of hydrogen-bond acceptors (Lipinski definition) is 5. The maximum absolute atomic E-state index is 13.7. The second kappa shape index (κ2) is 11.1. The molecule has 0 saturated carbocycles. The molecule has 1 saturated heterocycles. The zero-order valence-electron chi connectivity index (χ0n) is 19.9. The van der Waals surface area contributed by atoms with E-state index >= 15 is 0 Å². The standard InChI is InChI=1S/C28H29ClFN3O2/c1-19-17-33(27-12-11-25(15-26(27)29)35-14-13-34)28(23-7-9-24(30)10-8-23)18-32(19)20(2)22-5-3-21(16-31)4-6-22/h3-12,15,19-20,28,34H,13-14,17-18H2,1-2H3/t19-,20?,28+/m1/s1. The van der Waals surface area contributed by atoms with Gasteiger partial charge in [-0.3, -0.25) is 4.90 Å². The number of benzene rings is 3. The fourth-order valence-electron chi connectivity index (χ4n) is 4.77. The number of halogens is 2. The van der Waals surface area contributed by atoms with Crippen molar-refractivity contribution in [3.63, 3.8) is 0 Å². The van der Waals surface area contributed by atoms with E-state index < -0.39 is 0 Å². The van der Waals surface area contributed by atoms with Crippen molar-refractivity contribution >= 4 is 17.3 Å². The van der Waals surface area contributed by atoms with Gasteiger partial charge >= 0.3 is 0 Å². The fraction of sp³-hybridized carbons (Fsp3) is 0.321. The molecular weight excluding hydrogens is 465 g/mol. The van der Waals surface area contributed by atoms with E-state index in [9.17, 15) is 4.39 Å². The van der Waals surface area contributed by atoms with Crippen LogP contribution in [0.15, 0.2) is 66.7 Å². The summed E-state index contributed by atoms with van der Waals surface area (Å²) >= 11 is 6.71. The Morgan fingerprint density at radius 2 is 1.83 bits per heavy atom. The van der Waals surface area contributed by atoms with Crippen molar-refractivity contribution in [3.8, 4) is 11.8 Å². The van der Waals surface area contributed by atoms with Gasteiger partial charge in [-0.05, 0) is 61.4 Å². The van der Waals surface area contributed by atoms with Crippen LogP contribution in [0, 0.1) is 17.1 Å². The Hall–Kier alpha value is -3.11. The average molecular weight is 494 g/mol. The SMILES string of the molecule is CC(c1ccc(C#N)cc1)N1C[C@@H](c2ccc(F)cc2)N(c2ccc(OCCO)cc2Cl)C[C@H]1C. The number of nitriles is 1.